The van der Waals surface area contributed by atoms with Crippen LogP contribution in [0.4, 0.5) is 14.5 Å². The third-order valence-electron chi connectivity index (χ3n) is 4.07. The van der Waals surface area contributed by atoms with Crippen LogP contribution in [0.5, 0.6) is 0 Å². The third-order valence-corrected chi connectivity index (χ3v) is 4.07. The van der Waals surface area contributed by atoms with E-state index in [1.54, 1.807) is 35.9 Å². The van der Waals surface area contributed by atoms with Gasteiger partial charge in [0.05, 0.1) is 19.2 Å². The number of nitrogens with zero attached hydrogens (tertiary/aromatic N) is 1. The average Bonchev–Trinajstić information content (AvgIpc) is 3.11. The minimum Gasteiger partial charge on any atom is -0.465 e. The maximum absolute atomic E-state index is 13.2. The van der Waals surface area contributed by atoms with Crippen LogP contribution in [0, 0.1) is 0 Å². The van der Waals surface area contributed by atoms with Crippen LogP contribution in [0.1, 0.15) is 13.3 Å². The number of benzene rings is 1. The van der Waals surface area contributed by atoms with E-state index < -0.39 is 30.8 Å². The first kappa shape index (κ1) is 17.3. The second kappa shape index (κ2) is 6.79. The molecule has 3 rings (SSSR count). The van der Waals surface area contributed by atoms with Gasteiger partial charge in [0.1, 0.15) is 6.54 Å². The van der Waals surface area contributed by atoms with Gasteiger partial charge in [-0.1, -0.05) is 0 Å². The maximum Gasteiger partial charge on any atom is 0.325 e. The molecular formula is C17H19F2N3O3. The Morgan fingerprint density at radius 2 is 2.20 bits per heavy atom. The molecule has 2 N–H and O–H groups in total. The number of hydrogen-bond donors (Lipinski definition) is 2. The topological polar surface area (TPSA) is 72.4 Å². The monoisotopic (exact) mass is 351 g/mol. The van der Waals surface area contributed by atoms with E-state index in [1.807, 2.05) is 6.07 Å². The number of carbonyl (C=O) groups is 2. The summed E-state index contributed by atoms with van der Waals surface area (Å²) in [5.41, 5.74) is 1.33. The van der Waals surface area contributed by atoms with Gasteiger partial charge in [0.25, 0.3) is 5.92 Å². The fourth-order valence-corrected chi connectivity index (χ4v) is 2.89. The number of nitrogens with one attached hydrogen (secondary N) is 2. The van der Waals surface area contributed by atoms with Crippen molar-refractivity contribution in [3.8, 4) is 0 Å². The van der Waals surface area contributed by atoms with Crippen molar-refractivity contribution in [1.82, 2.24) is 9.88 Å². The predicted octanol–water partition coefficient (Wildman–Crippen LogP) is 2.14. The second-order valence-corrected chi connectivity index (χ2v) is 6.01. The van der Waals surface area contributed by atoms with E-state index >= 15 is 0 Å². The number of hydrogen-bond acceptors (Lipinski definition) is 4. The van der Waals surface area contributed by atoms with Crippen LogP contribution in [0.3, 0.4) is 0 Å². The minimum absolute atomic E-state index is 0.101. The van der Waals surface area contributed by atoms with Gasteiger partial charge >= 0.3 is 5.97 Å². The second-order valence-electron chi connectivity index (χ2n) is 6.01. The van der Waals surface area contributed by atoms with E-state index in [9.17, 15) is 18.4 Å². The zero-order valence-electron chi connectivity index (χ0n) is 13.7. The molecule has 0 bridgehead atoms. The molecule has 1 saturated heterocycles. The Labute approximate surface area is 143 Å². The normalized spacial score (nSPS) is 19.1. The molecule has 0 spiro atoms. The summed E-state index contributed by atoms with van der Waals surface area (Å²) in [6.45, 7) is 1.68. The predicted molar refractivity (Wildman–Crippen MR) is 88.6 cm³/mol. The average molecular weight is 351 g/mol. The van der Waals surface area contributed by atoms with E-state index in [1.165, 1.54) is 0 Å². The standard InChI is InChI=1S/C17H19F2N3O3/c1-2-25-15(23)9-22-6-5-11-7-12(3-4-14(11)22)21-16(24)13-8-17(18,19)10-20-13/h3-7,13,20H,2,8-10H2,1H3,(H,21,24). The zero-order valence-corrected chi connectivity index (χ0v) is 13.7. The minimum atomic E-state index is -2.85. The van der Waals surface area contributed by atoms with Crippen molar-refractivity contribution in [3.05, 3.63) is 30.5 Å². The highest BCUT2D eigenvalue weighted by atomic mass is 19.3. The fourth-order valence-electron chi connectivity index (χ4n) is 2.89. The van der Waals surface area contributed by atoms with Crippen LogP contribution in [-0.2, 0) is 20.9 Å². The van der Waals surface area contributed by atoms with E-state index in [0.717, 1.165) is 10.9 Å². The Bertz CT molecular complexity index is 804. The van der Waals surface area contributed by atoms with E-state index in [-0.39, 0.29) is 12.5 Å². The Balaban J connectivity index is 1.70. The van der Waals surface area contributed by atoms with Gasteiger partial charge in [-0.2, -0.15) is 0 Å². The lowest BCUT2D eigenvalue weighted by molar-refractivity contribution is -0.143. The van der Waals surface area contributed by atoms with Crippen molar-refractivity contribution in [2.24, 2.45) is 0 Å². The van der Waals surface area contributed by atoms with Gasteiger partial charge in [-0.25, -0.2) is 8.78 Å². The number of halogens is 2. The molecule has 1 fully saturated rings. The highest BCUT2D eigenvalue weighted by Crippen LogP contribution is 2.26. The maximum atomic E-state index is 13.2. The van der Waals surface area contributed by atoms with Crippen molar-refractivity contribution < 1.29 is 23.1 Å². The van der Waals surface area contributed by atoms with Crippen LogP contribution in [0.2, 0.25) is 0 Å². The molecule has 134 valence electrons. The van der Waals surface area contributed by atoms with E-state index in [2.05, 4.69) is 10.6 Å². The first-order valence-electron chi connectivity index (χ1n) is 8.04. The van der Waals surface area contributed by atoms with Gasteiger partial charge in [0.2, 0.25) is 5.91 Å². The first-order chi connectivity index (χ1) is 11.9. The number of fused-ring (bicyclic) bond motifs is 1. The molecule has 0 radical (unpaired) electrons. The zero-order chi connectivity index (χ0) is 18.0. The highest BCUT2D eigenvalue weighted by molar-refractivity contribution is 5.97. The van der Waals surface area contributed by atoms with Crippen molar-refractivity contribution in [2.75, 3.05) is 18.5 Å². The van der Waals surface area contributed by atoms with Crippen LogP contribution in [-0.4, -0.2) is 41.6 Å². The van der Waals surface area contributed by atoms with Crippen LogP contribution in [0.25, 0.3) is 10.9 Å². The van der Waals surface area contributed by atoms with Crippen LogP contribution in [0.15, 0.2) is 30.5 Å². The Morgan fingerprint density at radius 3 is 2.88 bits per heavy atom. The molecule has 25 heavy (non-hydrogen) atoms. The number of alkyl halides is 2. The first-order valence-corrected chi connectivity index (χ1v) is 8.04. The molecule has 1 unspecified atom stereocenters. The van der Waals surface area contributed by atoms with Gasteiger partial charge in [-0.05, 0) is 31.2 Å². The number of esters is 1. The molecule has 1 aliphatic heterocycles. The summed E-state index contributed by atoms with van der Waals surface area (Å²) in [7, 11) is 0. The summed E-state index contributed by atoms with van der Waals surface area (Å²) >= 11 is 0. The van der Waals surface area contributed by atoms with Crippen molar-refractivity contribution in [3.63, 3.8) is 0 Å². The lowest BCUT2D eigenvalue weighted by Gasteiger charge is -2.11. The Kier molecular flexibility index (Phi) is 4.71. The molecular weight excluding hydrogens is 332 g/mol. The molecule has 0 aliphatic carbocycles. The molecule has 8 heteroatoms. The van der Waals surface area contributed by atoms with Crippen LogP contribution < -0.4 is 10.6 Å². The Hall–Kier alpha value is -2.48. The molecule has 1 aromatic carbocycles. The Morgan fingerprint density at radius 1 is 1.40 bits per heavy atom. The summed E-state index contributed by atoms with van der Waals surface area (Å²) in [6, 6.07) is 6.09. The quantitative estimate of drug-likeness (QED) is 0.810. The lowest BCUT2D eigenvalue weighted by atomic mass is 10.1. The number of anilines is 1. The van der Waals surface area contributed by atoms with Crippen molar-refractivity contribution in [1.29, 1.82) is 0 Å². The highest BCUT2D eigenvalue weighted by Gasteiger charge is 2.42. The number of amides is 1. The summed E-state index contributed by atoms with van der Waals surface area (Å²) in [5.74, 6) is -3.66. The molecule has 1 aromatic heterocycles. The smallest absolute Gasteiger partial charge is 0.325 e. The summed E-state index contributed by atoms with van der Waals surface area (Å²) in [6.07, 6.45) is 1.25. The largest absolute Gasteiger partial charge is 0.465 e. The number of ether oxygens (including phenoxy) is 1. The number of aromatic nitrogens is 1. The summed E-state index contributed by atoms with van der Waals surface area (Å²) in [4.78, 5) is 23.7. The molecule has 6 nitrogen and oxygen atoms in total. The van der Waals surface area contributed by atoms with Gasteiger partial charge in [0.15, 0.2) is 0 Å². The number of carbonyl (C=O) groups excluding carboxylic acids is 2. The molecule has 2 heterocycles. The fraction of sp³-hybridized carbons (Fsp3) is 0.412. The molecule has 1 amide bonds. The van der Waals surface area contributed by atoms with Crippen molar-refractivity contribution >= 4 is 28.5 Å². The van der Waals surface area contributed by atoms with E-state index in [4.69, 9.17) is 4.74 Å². The summed E-state index contributed by atoms with van der Waals surface area (Å²) in [5, 5.41) is 6.00. The van der Waals surface area contributed by atoms with Gasteiger partial charge in [-0.15, -0.1) is 0 Å². The molecule has 2 aromatic rings. The van der Waals surface area contributed by atoms with E-state index in [0.29, 0.717) is 12.3 Å². The van der Waals surface area contributed by atoms with Gasteiger partial charge in [0, 0.05) is 29.2 Å². The molecule has 1 aliphatic rings. The number of rotatable bonds is 5. The molecule has 1 atom stereocenters. The van der Waals surface area contributed by atoms with Crippen molar-refractivity contribution in [2.45, 2.75) is 31.9 Å². The van der Waals surface area contributed by atoms with Crippen LogP contribution >= 0.6 is 0 Å². The third kappa shape index (κ3) is 3.96. The van der Waals surface area contributed by atoms with Gasteiger partial charge in [-0.3, -0.25) is 14.9 Å². The van der Waals surface area contributed by atoms with Gasteiger partial charge < -0.3 is 14.6 Å². The SMILES string of the molecule is CCOC(=O)Cn1ccc2cc(NC(=O)C3CC(F)(F)CN3)ccc21. The lowest BCUT2D eigenvalue weighted by Crippen LogP contribution is -2.35. The molecule has 0 saturated carbocycles. The summed E-state index contributed by atoms with van der Waals surface area (Å²) < 4.78 is 33.0.